The summed E-state index contributed by atoms with van der Waals surface area (Å²) in [7, 11) is 0. The maximum Gasteiger partial charge on any atom is 0.136 e. The molecule has 2 heterocycles. The zero-order valence-electron chi connectivity index (χ0n) is 29.8. The molecule has 11 rings (SSSR count). The third kappa shape index (κ3) is 5.36. The second-order valence-corrected chi connectivity index (χ2v) is 14.1. The van der Waals surface area contributed by atoms with Crippen LogP contribution in [0.25, 0.3) is 88.0 Å². The maximum absolute atomic E-state index is 6.29. The van der Waals surface area contributed by atoms with Crippen LogP contribution in [0.5, 0.6) is 0 Å². The van der Waals surface area contributed by atoms with Crippen LogP contribution in [-0.2, 0) is 0 Å². The highest BCUT2D eigenvalue weighted by Crippen LogP contribution is 2.45. The van der Waals surface area contributed by atoms with E-state index < -0.39 is 0 Å². The first-order valence-electron chi connectivity index (χ1n) is 18.7. The standard InChI is InChI=1S/C52H33NO2/c1-2-11-36(12-3-1)43-27-22-39(38-19-18-34-10-4-5-13-37(34)30-38)31-48(43)53(42-26-29-51-47(33-42)45-15-7-9-17-50(45)54-51)41-24-20-35(21-25-41)40-23-28-46-44-14-6-8-16-49(44)55-52(46)32-40/h1-33H. The Hall–Kier alpha value is -7.36. The zero-order chi connectivity index (χ0) is 36.3. The normalized spacial score (nSPS) is 11.6. The number of rotatable bonds is 6. The van der Waals surface area contributed by atoms with Crippen molar-refractivity contribution < 1.29 is 8.83 Å². The Kier molecular flexibility index (Phi) is 7.17. The van der Waals surface area contributed by atoms with Gasteiger partial charge in [0.1, 0.15) is 22.3 Å². The molecule has 0 amide bonds. The van der Waals surface area contributed by atoms with Crippen LogP contribution < -0.4 is 4.90 Å². The van der Waals surface area contributed by atoms with Crippen LogP contribution >= 0.6 is 0 Å². The Balaban J connectivity index is 1.11. The number of furan rings is 2. The van der Waals surface area contributed by atoms with Crippen molar-refractivity contribution in [2.24, 2.45) is 0 Å². The van der Waals surface area contributed by atoms with Gasteiger partial charge in [0.25, 0.3) is 0 Å². The second-order valence-electron chi connectivity index (χ2n) is 14.1. The predicted octanol–water partition coefficient (Wildman–Crippen LogP) is 15.1. The number of fused-ring (bicyclic) bond motifs is 7. The van der Waals surface area contributed by atoms with Crippen LogP contribution in [0.1, 0.15) is 0 Å². The van der Waals surface area contributed by atoms with Crippen LogP contribution in [0.2, 0.25) is 0 Å². The summed E-state index contributed by atoms with van der Waals surface area (Å²) < 4.78 is 12.6. The molecule has 0 aliphatic rings. The summed E-state index contributed by atoms with van der Waals surface area (Å²) in [6.07, 6.45) is 0. The second kappa shape index (κ2) is 12.6. The SMILES string of the molecule is c1ccc(-c2ccc(-c3ccc4ccccc4c3)cc2N(c2ccc(-c3ccc4c(c3)oc3ccccc34)cc2)c2ccc3oc4ccccc4c3c2)cc1. The monoisotopic (exact) mass is 703 g/mol. The molecule has 0 bridgehead atoms. The smallest absolute Gasteiger partial charge is 0.136 e. The fourth-order valence-electron chi connectivity index (χ4n) is 8.12. The van der Waals surface area contributed by atoms with Gasteiger partial charge in [0, 0.05) is 38.5 Å². The lowest BCUT2D eigenvalue weighted by Gasteiger charge is -2.29. The molecule has 2 aromatic heterocycles. The minimum Gasteiger partial charge on any atom is -0.456 e. The number of benzene rings is 9. The molecule has 0 unspecified atom stereocenters. The van der Waals surface area contributed by atoms with Gasteiger partial charge in [0.05, 0.1) is 5.69 Å². The van der Waals surface area contributed by atoms with E-state index in [1.54, 1.807) is 0 Å². The highest BCUT2D eigenvalue weighted by molar-refractivity contribution is 6.08. The average Bonchev–Trinajstić information content (AvgIpc) is 3.82. The van der Waals surface area contributed by atoms with Crippen molar-refractivity contribution in [3.63, 3.8) is 0 Å². The van der Waals surface area contributed by atoms with Crippen LogP contribution in [0.4, 0.5) is 17.1 Å². The Morgan fingerprint density at radius 3 is 1.67 bits per heavy atom. The molecule has 0 aliphatic carbocycles. The predicted molar refractivity (Wildman–Crippen MR) is 229 cm³/mol. The molecule has 0 N–H and O–H groups in total. The average molecular weight is 704 g/mol. The molecule has 3 nitrogen and oxygen atoms in total. The van der Waals surface area contributed by atoms with Gasteiger partial charge >= 0.3 is 0 Å². The maximum atomic E-state index is 6.29. The van der Waals surface area contributed by atoms with Crippen molar-refractivity contribution in [1.29, 1.82) is 0 Å². The van der Waals surface area contributed by atoms with Crippen LogP contribution in [0, 0.1) is 0 Å². The molecule has 0 saturated heterocycles. The highest BCUT2D eigenvalue weighted by atomic mass is 16.3. The van der Waals surface area contributed by atoms with Crippen LogP contribution in [0.15, 0.2) is 209 Å². The molecular weight excluding hydrogens is 671 g/mol. The van der Waals surface area contributed by atoms with Gasteiger partial charge in [0.2, 0.25) is 0 Å². The largest absolute Gasteiger partial charge is 0.456 e. The van der Waals surface area contributed by atoms with Crippen molar-refractivity contribution >= 4 is 71.7 Å². The Morgan fingerprint density at radius 1 is 0.291 bits per heavy atom. The van der Waals surface area contributed by atoms with Gasteiger partial charge in [-0.05, 0) is 105 Å². The summed E-state index contributed by atoms with van der Waals surface area (Å²) in [6.45, 7) is 0. The Bertz CT molecular complexity index is 3210. The van der Waals surface area contributed by atoms with E-state index in [0.29, 0.717) is 0 Å². The summed E-state index contributed by atoms with van der Waals surface area (Å²) in [4.78, 5) is 2.39. The van der Waals surface area contributed by atoms with E-state index in [1.807, 2.05) is 24.3 Å². The third-order valence-electron chi connectivity index (χ3n) is 10.9. The van der Waals surface area contributed by atoms with Crippen molar-refractivity contribution in [3.8, 4) is 33.4 Å². The number of nitrogens with zero attached hydrogens (tertiary/aromatic N) is 1. The van der Waals surface area contributed by atoms with Gasteiger partial charge in [-0.1, -0.05) is 133 Å². The number of anilines is 3. The minimum absolute atomic E-state index is 0.870. The highest BCUT2D eigenvalue weighted by Gasteiger charge is 2.21. The van der Waals surface area contributed by atoms with E-state index in [0.717, 1.165) is 88.8 Å². The molecule has 11 aromatic rings. The summed E-state index contributed by atoms with van der Waals surface area (Å²) in [5, 5.41) is 6.90. The Labute approximate surface area is 317 Å². The molecule has 3 heteroatoms. The molecule has 0 aliphatic heterocycles. The molecule has 0 saturated carbocycles. The van der Waals surface area contributed by atoms with Gasteiger partial charge in [-0.15, -0.1) is 0 Å². The molecule has 0 radical (unpaired) electrons. The summed E-state index contributed by atoms with van der Waals surface area (Å²) >= 11 is 0. The van der Waals surface area contributed by atoms with Crippen molar-refractivity contribution in [2.45, 2.75) is 0 Å². The first-order chi connectivity index (χ1) is 27.2. The lowest BCUT2D eigenvalue weighted by molar-refractivity contribution is 0.668. The van der Waals surface area contributed by atoms with Gasteiger partial charge in [-0.3, -0.25) is 0 Å². The fraction of sp³-hybridized carbons (Fsp3) is 0. The van der Waals surface area contributed by atoms with Gasteiger partial charge < -0.3 is 13.7 Å². The number of hydrogen-bond donors (Lipinski definition) is 0. The van der Waals surface area contributed by atoms with E-state index >= 15 is 0 Å². The Morgan fingerprint density at radius 2 is 0.855 bits per heavy atom. The molecule has 0 fully saturated rings. The van der Waals surface area contributed by atoms with Gasteiger partial charge in [0.15, 0.2) is 0 Å². The van der Waals surface area contributed by atoms with Crippen molar-refractivity contribution in [1.82, 2.24) is 0 Å². The topological polar surface area (TPSA) is 29.5 Å². The quantitative estimate of drug-likeness (QED) is 0.173. The van der Waals surface area contributed by atoms with E-state index in [1.165, 1.54) is 16.3 Å². The van der Waals surface area contributed by atoms with Crippen LogP contribution in [0.3, 0.4) is 0 Å². The summed E-state index contributed by atoms with van der Waals surface area (Å²) in [5.41, 5.74) is 13.6. The first kappa shape index (κ1) is 31.2. The molecule has 0 spiro atoms. The van der Waals surface area contributed by atoms with Gasteiger partial charge in [-0.25, -0.2) is 0 Å². The van der Waals surface area contributed by atoms with Gasteiger partial charge in [-0.2, -0.15) is 0 Å². The fourth-order valence-corrected chi connectivity index (χ4v) is 8.12. The summed E-state index contributed by atoms with van der Waals surface area (Å²) in [6, 6.07) is 71.2. The molecule has 55 heavy (non-hydrogen) atoms. The first-order valence-corrected chi connectivity index (χ1v) is 18.7. The molecule has 9 aromatic carbocycles. The third-order valence-corrected chi connectivity index (χ3v) is 10.9. The lowest BCUT2D eigenvalue weighted by Crippen LogP contribution is -2.11. The van der Waals surface area contributed by atoms with Crippen molar-refractivity contribution in [3.05, 3.63) is 200 Å². The number of hydrogen-bond acceptors (Lipinski definition) is 3. The minimum atomic E-state index is 0.870. The zero-order valence-corrected chi connectivity index (χ0v) is 29.8. The van der Waals surface area contributed by atoms with E-state index in [2.05, 4.69) is 181 Å². The van der Waals surface area contributed by atoms with E-state index in [-0.39, 0.29) is 0 Å². The molecule has 258 valence electrons. The lowest BCUT2D eigenvalue weighted by atomic mass is 9.95. The molecule has 0 atom stereocenters. The van der Waals surface area contributed by atoms with E-state index in [4.69, 9.17) is 8.83 Å². The summed E-state index contributed by atoms with van der Waals surface area (Å²) in [5.74, 6) is 0. The van der Waals surface area contributed by atoms with Crippen LogP contribution in [-0.4, -0.2) is 0 Å². The van der Waals surface area contributed by atoms with Crippen molar-refractivity contribution in [2.75, 3.05) is 4.90 Å². The van der Waals surface area contributed by atoms with E-state index in [9.17, 15) is 0 Å². The molecular formula is C52H33NO2. The number of para-hydroxylation sites is 2.